The summed E-state index contributed by atoms with van der Waals surface area (Å²) in [5.41, 5.74) is 5.16. The first-order valence-corrected chi connectivity index (χ1v) is 7.57. The molecule has 3 heteroatoms. The van der Waals surface area contributed by atoms with Crippen molar-refractivity contribution < 1.29 is 14.2 Å². The maximum absolute atomic E-state index is 5.48. The van der Waals surface area contributed by atoms with E-state index in [1.807, 2.05) is 32.0 Å². The van der Waals surface area contributed by atoms with Gasteiger partial charge in [-0.25, -0.2) is 0 Å². The maximum atomic E-state index is 5.48. The molecule has 0 fully saturated rings. The van der Waals surface area contributed by atoms with Gasteiger partial charge in [0.25, 0.3) is 0 Å². The van der Waals surface area contributed by atoms with Gasteiger partial charge in [-0.15, -0.1) is 0 Å². The topological polar surface area (TPSA) is 27.7 Å². The van der Waals surface area contributed by atoms with Crippen LogP contribution in [0, 0.1) is 6.92 Å². The lowest BCUT2D eigenvalue weighted by Gasteiger charge is -2.18. The Morgan fingerprint density at radius 1 is 1.04 bits per heavy atom. The van der Waals surface area contributed by atoms with Crippen molar-refractivity contribution in [2.75, 3.05) is 21.3 Å². The van der Waals surface area contributed by atoms with Gasteiger partial charge in [0.05, 0.1) is 20.3 Å². The number of hydrogen-bond acceptors (Lipinski definition) is 3. The van der Waals surface area contributed by atoms with Gasteiger partial charge >= 0.3 is 0 Å². The molecule has 0 aliphatic rings. The quantitative estimate of drug-likeness (QED) is 0.768. The van der Waals surface area contributed by atoms with Crippen molar-refractivity contribution in [3.8, 4) is 11.5 Å². The Kier molecular flexibility index (Phi) is 5.45. The zero-order chi connectivity index (χ0) is 17.0. The summed E-state index contributed by atoms with van der Waals surface area (Å²) in [6, 6.07) is 12.2. The molecule has 0 heterocycles. The molecule has 0 N–H and O–H groups in total. The molecule has 1 unspecified atom stereocenters. The van der Waals surface area contributed by atoms with Gasteiger partial charge in [-0.1, -0.05) is 30.8 Å². The molecule has 0 amide bonds. The highest BCUT2D eigenvalue weighted by Gasteiger charge is 2.16. The molecule has 122 valence electrons. The molecule has 0 bridgehead atoms. The number of ether oxygens (including phenoxy) is 3. The summed E-state index contributed by atoms with van der Waals surface area (Å²) in [7, 11) is 5.00. The molecular weight excluding hydrogens is 288 g/mol. The maximum Gasteiger partial charge on any atom is 0.163 e. The molecule has 2 aromatic carbocycles. The predicted octanol–water partition coefficient (Wildman–Crippen LogP) is 4.78. The highest BCUT2D eigenvalue weighted by atomic mass is 16.5. The van der Waals surface area contributed by atoms with Crippen molar-refractivity contribution in [3.63, 3.8) is 0 Å². The lowest BCUT2D eigenvalue weighted by Crippen LogP contribution is -2.02. The van der Waals surface area contributed by atoms with Crippen LogP contribution in [0.2, 0.25) is 0 Å². The standard InChI is InChI=1S/C20H24O3/c1-13-11-16(12-19(22-5)20(13)23-6)14(2)17-9-7-8-10-18(17)15(3)21-4/h7-12,15H,2H2,1,3-6H3. The van der Waals surface area contributed by atoms with Crippen LogP contribution in [0.25, 0.3) is 5.57 Å². The molecule has 0 saturated heterocycles. The molecule has 0 spiro atoms. The minimum absolute atomic E-state index is 0.00388. The molecule has 2 rings (SSSR count). The molecular formula is C20H24O3. The summed E-state index contributed by atoms with van der Waals surface area (Å²) in [5.74, 6) is 1.46. The van der Waals surface area contributed by atoms with E-state index in [-0.39, 0.29) is 6.10 Å². The highest BCUT2D eigenvalue weighted by molar-refractivity contribution is 5.81. The largest absolute Gasteiger partial charge is 0.493 e. The van der Waals surface area contributed by atoms with E-state index in [4.69, 9.17) is 14.2 Å². The second kappa shape index (κ2) is 7.34. The van der Waals surface area contributed by atoms with Crippen molar-refractivity contribution in [2.45, 2.75) is 20.0 Å². The smallest absolute Gasteiger partial charge is 0.163 e. The average molecular weight is 312 g/mol. The van der Waals surface area contributed by atoms with Gasteiger partial charge in [0.2, 0.25) is 0 Å². The van der Waals surface area contributed by atoms with Crippen molar-refractivity contribution in [2.24, 2.45) is 0 Å². The predicted molar refractivity (Wildman–Crippen MR) is 94.3 cm³/mol. The fourth-order valence-electron chi connectivity index (χ4n) is 2.74. The summed E-state index contributed by atoms with van der Waals surface area (Å²) >= 11 is 0. The van der Waals surface area contributed by atoms with Crippen LogP contribution >= 0.6 is 0 Å². The van der Waals surface area contributed by atoms with E-state index in [0.29, 0.717) is 5.75 Å². The molecule has 0 aliphatic heterocycles. The molecule has 1 atom stereocenters. The highest BCUT2D eigenvalue weighted by Crippen LogP contribution is 2.37. The van der Waals surface area contributed by atoms with Gasteiger partial charge < -0.3 is 14.2 Å². The van der Waals surface area contributed by atoms with E-state index in [0.717, 1.165) is 33.6 Å². The van der Waals surface area contributed by atoms with E-state index < -0.39 is 0 Å². The Morgan fingerprint density at radius 3 is 2.35 bits per heavy atom. The number of benzene rings is 2. The monoisotopic (exact) mass is 312 g/mol. The van der Waals surface area contributed by atoms with E-state index >= 15 is 0 Å². The van der Waals surface area contributed by atoms with Crippen LogP contribution in [0.15, 0.2) is 43.0 Å². The number of aryl methyl sites for hydroxylation is 1. The summed E-state index contributed by atoms with van der Waals surface area (Å²) < 4.78 is 16.3. The van der Waals surface area contributed by atoms with Crippen LogP contribution in [-0.4, -0.2) is 21.3 Å². The molecule has 0 aromatic heterocycles. The molecule has 3 nitrogen and oxygen atoms in total. The fourth-order valence-corrected chi connectivity index (χ4v) is 2.74. The average Bonchev–Trinajstić information content (AvgIpc) is 2.59. The van der Waals surface area contributed by atoms with Crippen molar-refractivity contribution in [1.82, 2.24) is 0 Å². The lowest BCUT2D eigenvalue weighted by molar-refractivity contribution is 0.119. The third-order valence-electron chi connectivity index (χ3n) is 4.09. The number of rotatable bonds is 6. The van der Waals surface area contributed by atoms with Crippen LogP contribution in [0.3, 0.4) is 0 Å². The van der Waals surface area contributed by atoms with Crippen molar-refractivity contribution in [1.29, 1.82) is 0 Å². The Morgan fingerprint density at radius 2 is 1.74 bits per heavy atom. The Bertz CT molecular complexity index is 704. The summed E-state index contributed by atoms with van der Waals surface area (Å²) in [6.07, 6.45) is 0.00388. The van der Waals surface area contributed by atoms with E-state index in [1.165, 1.54) is 0 Å². The number of methoxy groups -OCH3 is 3. The third kappa shape index (κ3) is 3.40. The Hall–Kier alpha value is -2.26. The first-order chi connectivity index (χ1) is 11.0. The first-order valence-electron chi connectivity index (χ1n) is 7.57. The SMILES string of the molecule is C=C(c1cc(C)c(OC)c(OC)c1)c1ccccc1C(C)OC. The molecule has 0 aliphatic carbocycles. The van der Waals surface area contributed by atoms with Gasteiger partial charge in [-0.05, 0) is 53.8 Å². The molecule has 0 radical (unpaired) electrons. The van der Waals surface area contributed by atoms with Gasteiger partial charge in [0.15, 0.2) is 11.5 Å². The second-order valence-electron chi connectivity index (χ2n) is 5.47. The molecule has 23 heavy (non-hydrogen) atoms. The summed E-state index contributed by atoms with van der Waals surface area (Å²) in [5, 5.41) is 0. The second-order valence-corrected chi connectivity index (χ2v) is 5.47. The molecule has 2 aromatic rings. The first kappa shape index (κ1) is 17.1. The van der Waals surface area contributed by atoms with Crippen LogP contribution in [0.1, 0.15) is 35.3 Å². The minimum Gasteiger partial charge on any atom is -0.493 e. The van der Waals surface area contributed by atoms with E-state index in [2.05, 4.69) is 24.8 Å². The van der Waals surface area contributed by atoms with Gasteiger partial charge in [0, 0.05) is 7.11 Å². The van der Waals surface area contributed by atoms with Crippen molar-refractivity contribution in [3.05, 3.63) is 65.2 Å². The van der Waals surface area contributed by atoms with Gasteiger partial charge in [-0.3, -0.25) is 0 Å². The van der Waals surface area contributed by atoms with Crippen LogP contribution in [0.5, 0.6) is 11.5 Å². The van der Waals surface area contributed by atoms with Crippen molar-refractivity contribution >= 4 is 5.57 Å². The summed E-state index contributed by atoms with van der Waals surface area (Å²) in [6.45, 7) is 8.33. The molecule has 0 saturated carbocycles. The fraction of sp³-hybridized carbons (Fsp3) is 0.300. The normalized spacial score (nSPS) is 11.9. The van der Waals surface area contributed by atoms with E-state index in [1.54, 1.807) is 21.3 Å². The van der Waals surface area contributed by atoms with Gasteiger partial charge in [0.1, 0.15) is 0 Å². The lowest BCUT2D eigenvalue weighted by atomic mass is 9.92. The Balaban J connectivity index is 2.52. The minimum atomic E-state index is 0.00388. The number of hydrogen-bond donors (Lipinski definition) is 0. The van der Waals surface area contributed by atoms with Crippen LogP contribution in [0.4, 0.5) is 0 Å². The summed E-state index contributed by atoms with van der Waals surface area (Å²) in [4.78, 5) is 0. The zero-order valence-electron chi connectivity index (χ0n) is 14.5. The van der Waals surface area contributed by atoms with Gasteiger partial charge in [-0.2, -0.15) is 0 Å². The van der Waals surface area contributed by atoms with Crippen LogP contribution < -0.4 is 9.47 Å². The van der Waals surface area contributed by atoms with Crippen LogP contribution in [-0.2, 0) is 4.74 Å². The zero-order valence-corrected chi connectivity index (χ0v) is 14.5. The van der Waals surface area contributed by atoms with E-state index in [9.17, 15) is 0 Å². The Labute approximate surface area is 138 Å². The third-order valence-corrected chi connectivity index (χ3v) is 4.09.